The van der Waals surface area contributed by atoms with Gasteiger partial charge in [0.05, 0.1) is 35.5 Å². The summed E-state index contributed by atoms with van der Waals surface area (Å²) in [6, 6.07) is 0. The molecule has 0 aromatic carbocycles. The molecule has 17 heavy (non-hydrogen) atoms. The summed E-state index contributed by atoms with van der Waals surface area (Å²) in [6.45, 7) is 1.40. The Morgan fingerprint density at radius 1 is 1.47 bits per heavy atom. The average Bonchev–Trinajstić information content (AvgIpc) is 2.59. The van der Waals surface area contributed by atoms with Crippen molar-refractivity contribution in [2.45, 2.75) is 30.3 Å². The highest BCUT2D eigenvalue weighted by atomic mass is 32.2. The topological polar surface area (TPSA) is 94.6 Å². The van der Waals surface area contributed by atoms with Gasteiger partial charge in [0.25, 0.3) is 0 Å². The van der Waals surface area contributed by atoms with Crippen LogP contribution in [0.4, 0.5) is 0 Å². The minimum Gasteiger partial charge on any atom is -0.469 e. The van der Waals surface area contributed by atoms with E-state index in [-0.39, 0.29) is 24.3 Å². The third kappa shape index (κ3) is 3.41. The molecule has 2 atom stereocenters. The Balaban J connectivity index is 2.79. The third-order valence-electron chi connectivity index (χ3n) is 2.90. The number of sulfone groups is 2. The molecule has 1 fully saturated rings. The molecule has 0 saturated carbocycles. The van der Waals surface area contributed by atoms with E-state index in [1.807, 2.05) is 0 Å². The van der Waals surface area contributed by atoms with Crippen molar-refractivity contribution < 1.29 is 26.4 Å². The lowest BCUT2D eigenvalue weighted by Crippen LogP contribution is -2.32. The molecule has 1 saturated heterocycles. The summed E-state index contributed by atoms with van der Waals surface area (Å²) in [5.74, 6) is -1.04. The van der Waals surface area contributed by atoms with Gasteiger partial charge in [0.15, 0.2) is 19.7 Å². The van der Waals surface area contributed by atoms with Gasteiger partial charge in [0.1, 0.15) is 0 Å². The zero-order valence-corrected chi connectivity index (χ0v) is 11.4. The van der Waals surface area contributed by atoms with Crippen LogP contribution in [0.1, 0.15) is 19.8 Å². The largest absolute Gasteiger partial charge is 0.469 e. The van der Waals surface area contributed by atoms with E-state index in [4.69, 9.17) is 0 Å². The molecule has 1 heterocycles. The van der Waals surface area contributed by atoms with Gasteiger partial charge in [-0.05, 0) is 13.3 Å². The number of carbonyl (C=O) groups excluding carboxylic acids is 1. The SMILES string of the molecule is COC(=O)CC(C)S(=O)(=O)C1CCS(=O)(=O)C1. The minimum atomic E-state index is -3.59. The zero-order valence-electron chi connectivity index (χ0n) is 9.75. The molecule has 2 unspecified atom stereocenters. The normalized spacial score (nSPS) is 25.4. The fourth-order valence-corrected chi connectivity index (χ4v) is 6.33. The lowest BCUT2D eigenvalue weighted by Gasteiger charge is -2.15. The molecule has 8 heteroatoms. The van der Waals surface area contributed by atoms with Gasteiger partial charge in [-0.25, -0.2) is 16.8 Å². The maximum absolute atomic E-state index is 12.0. The Morgan fingerprint density at radius 2 is 2.06 bits per heavy atom. The summed E-state index contributed by atoms with van der Waals surface area (Å²) in [5.41, 5.74) is 0. The Kier molecular flexibility index (Phi) is 4.19. The van der Waals surface area contributed by atoms with Gasteiger partial charge in [0, 0.05) is 0 Å². The van der Waals surface area contributed by atoms with Crippen molar-refractivity contribution in [3.8, 4) is 0 Å². The number of hydrogen-bond acceptors (Lipinski definition) is 6. The smallest absolute Gasteiger partial charge is 0.306 e. The number of methoxy groups -OCH3 is 1. The van der Waals surface area contributed by atoms with Gasteiger partial charge in [-0.3, -0.25) is 4.79 Å². The molecule has 1 aliphatic rings. The molecule has 0 aromatic rings. The van der Waals surface area contributed by atoms with Crippen molar-refractivity contribution in [2.75, 3.05) is 18.6 Å². The lowest BCUT2D eigenvalue weighted by atomic mass is 10.3. The van der Waals surface area contributed by atoms with Gasteiger partial charge in [-0.2, -0.15) is 0 Å². The first-order valence-corrected chi connectivity index (χ1v) is 8.62. The van der Waals surface area contributed by atoms with Crippen molar-refractivity contribution in [3.63, 3.8) is 0 Å². The fourth-order valence-electron chi connectivity index (χ4n) is 1.78. The van der Waals surface area contributed by atoms with Crippen molar-refractivity contribution >= 4 is 25.6 Å². The number of ether oxygens (including phenoxy) is 1. The van der Waals surface area contributed by atoms with E-state index in [9.17, 15) is 21.6 Å². The van der Waals surface area contributed by atoms with Crippen LogP contribution in [0, 0.1) is 0 Å². The molecule has 0 radical (unpaired) electrons. The lowest BCUT2D eigenvalue weighted by molar-refractivity contribution is -0.140. The van der Waals surface area contributed by atoms with Crippen LogP contribution in [0.15, 0.2) is 0 Å². The number of hydrogen-bond donors (Lipinski definition) is 0. The summed E-state index contributed by atoms with van der Waals surface area (Å²) in [7, 11) is -5.65. The zero-order chi connectivity index (χ0) is 13.3. The number of esters is 1. The van der Waals surface area contributed by atoms with E-state index in [1.165, 1.54) is 14.0 Å². The van der Waals surface area contributed by atoms with E-state index in [0.717, 1.165) is 0 Å². The van der Waals surface area contributed by atoms with Crippen molar-refractivity contribution in [2.24, 2.45) is 0 Å². The van der Waals surface area contributed by atoms with Gasteiger partial charge >= 0.3 is 5.97 Å². The van der Waals surface area contributed by atoms with Gasteiger partial charge in [-0.1, -0.05) is 0 Å². The molecule has 0 aromatic heterocycles. The fraction of sp³-hybridized carbons (Fsp3) is 0.889. The second kappa shape index (κ2) is 4.93. The summed E-state index contributed by atoms with van der Waals surface area (Å²) in [6.07, 6.45) is -0.119. The Bertz CT molecular complexity index is 490. The van der Waals surface area contributed by atoms with Crippen LogP contribution in [0.3, 0.4) is 0 Å². The van der Waals surface area contributed by atoms with Crippen LogP contribution in [0.25, 0.3) is 0 Å². The van der Waals surface area contributed by atoms with Crippen molar-refractivity contribution in [1.82, 2.24) is 0 Å². The highest BCUT2D eigenvalue weighted by Crippen LogP contribution is 2.23. The van der Waals surface area contributed by atoms with E-state index in [1.54, 1.807) is 0 Å². The van der Waals surface area contributed by atoms with Crippen LogP contribution in [-0.4, -0.2) is 51.9 Å². The average molecular weight is 284 g/mol. The monoisotopic (exact) mass is 284 g/mol. The van der Waals surface area contributed by atoms with Gasteiger partial charge in [-0.15, -0.1) is 0 Å². The summed E-state index contributed by atoms with van der Waals surface area (Å²) >= 11 is 0. The molecule has 1 rings (SSSR count). The summed E-state index contributed by atoms with van der Waals surface area (Å²) in [5, 5.41) is -1.79. The summed E-state index contributed by atoms with van der Waals surface area (Å²) < 4.78 is 50.9. The molecule has 0 N–H and O–H groups in total. The van der Waals surface area contributed by atoms with Crippen molar-refractivity contribution in [3.05, 3.63) is 0 Å². The first-order chi connectivity index (χ1) is 7.69. The Hall–Kier alpha value is -0.630. The standard InChI is InChI=1S/C9H16O6S2/c1-7(5-9(10)15-2)17(13,14)8-3-4-16(11,12)6-8/h7-8H,3-6H2,1-2H3. The highest BCUT2D eigenvalue weighted by Gasteiger charge is 2.40. The first-order valence-electron chi connectivity index (χ1n) is 5.19. The first kappa shape index (κ1) is 14.4. The van der Waals surface area contributed by atoms with E-state index < -0.39 is 36.1 Å². The van der Waals surface area contributed by atoms with E-state index >= 15 is 0 Å². The third-order valence-corrected chi connectivity index (χ3v) is 7.50. The predicted molar refractivity (Wildman–Crippen MR) is 62.1 cm³/mol. The molecule has 1 aliphatic heterocycles. The second-order valence-electron chi connectivity index (χ2n) is 4.20. The molecular formula is C9H16O6S2. The number of carbonyl (C=O) groups is 1. The molecule has 0 bridgehead atoms. The molecule has 6 nitrogen and oxygen atoms in total. The highest BCUT2D eigenvalue weighted by molar-refractivity contribution is 7.96. The van der Waals surface area contributed by atoms with Gasteiger partial charge < -0.3 is 4.74 Å². The Morgan fingerprint density at radius 3 is 2.47 bits per heavy atom. The predicted octanol–water partition coefficient (Wildman–Crippen LogP) is -0.460. The number of rotatable bonds is 4. The minimum absolute atomic E-state index is 0.0954. The quantitative estimate of drug-likeness (QED) is 0.648. The molecule has 0 spiro atoms. The van der Waals surface area contributed by atoms with Crippen LogP contribution < -0.4 is 0 Å². The van der Waals surface area contributed by atoms with Gasteiger partial charge in [0.2, 0.25) is 0 Å². The Labute approximate surface area is 101 Å². The maximum atomic E-state index is 12.0. The van der Waals surface area contributed by atoms with Crippen LogP contribution in [-0.2, 0) is 29.2 Å². The summed E-state index contributed by atoms with van der Waals surface area (Å²) in [4.78, 5) is 11.0. The van der Waals surface area contributed by atoms with Crippen LogP contribution in [0.2, 0.25) is 0 Å². The second-order valence-corrected chi connectivity index (χ2v) is 9.08. The molecule has 100 valence electrons. The maximum Gasteiger partial charge on any atom is 0.306 e. The van der Waals surface area contributed by atoms with Crippen LogP contribution in [0.5, 0.6) is 0 Å². The molecule has 0 aliphatic carbocycles. The van der Waals surface area contributed by atoms with E-state index in [2.05, 4.69) is 4.74 Å². The molecule has 0 amide bonds. The van der Waals surface area contributed by atoms with E-state index in [0.29, 0.717) is 0 Å². The van der Waals surface area contributed by atoms with Crippen molar-refractivity contribution in [1.29, 1.82) is 0 Å². The molecular weight excluding hydrogens is 268 g/mol. The van der Waals surface area contributed by atoms with Crippen LogP contribution >= 0.6 is 0 Å².